The molecule has 0 radical (unpaired) electrons. The van der Waals surface area contributed by atoms with Crippen LogP contribution >= 0.6 is 0 Å². The van der Waals surface area contributed by atoms with Crippen LogP contribution in [-0.4, -0.2) is 13.0 Å². The van der Waals surface area contributed by atoms with E-state index in [-0.39, 0.29) is 6.61 Å². The van der Waals surface area contributed by atoms with E-state index in [4.69, 9.17) is 0 Å². The second-order valence-electron chi connectivity index (χ2n) is 8.50. The third kappa shape index (κ3) is 6.16. The molecule has 2 saturated carbocycles. The van der Waals surface area contributed by atoms with Crippen molar-refractivity contribution in [3.63, 3.8) is 0 Å². The summed E-state index contributed by atoms with van der Waals surface area (Å²) in [6.45, 7) is -0.239. The van der Waals surface area contributed by atoms with E-state index in [0.717, 1.165) is 63.4 Å². The molecule has 0 heterocycles. The summed E-state index contributed by atoms with van der Waals surface area (Å²) in [5.41, 5.74) is 0.905. The minimum absolute atomic E-state index is 0.239. The van der Waals surface area contributed by atoms with Gasteiger partial charge >= 0.3 is 6.36 Å². The number of benzene rings is 1. The average Bonchev–Trinajstić information content (AvgIpc) is 2.67. The van der Waals surface area contributed by atoms with Gasteiger partial charge in [-0.25, -0.2) is 8.78 Å². The predicted octanol–water partition coefficient (Wildman–Crippen LogP) is 7.36. The summed E-state index contributed by atoms with van der Waals surface area (Å²) < 4.78 is 66.4. The fraction of sp³-hybridized carbons (Fsp3) is 0.727. The first-order valence-electron chi connectivity index (χ1n) is 10.5. The van der Waals surface area contributed by atoms with Gasteiger partial charge in [0.15, 0.2) is 11.6 Å². The summed E-state index contributed by atoms with van der Waals surface area (Å²) in [7, 11) is 0. The highest BCUT2D eigenvalue weighted by molar-refractivity contribution is 5.22. The SMILES string of the molecule is Fc1ccc(C2CCC(C3CCC(CCCOC(F)(F)F)CC3)CC2)cc1F. The first-order chi connectivity index (χ1) is 13.3. The monoisotopic (exact) mass is 404 g/mol. The molecule has 1 aromatic carbocycles. The molecule has 2 aliphatic rings. The molecule has 2 aliphatic carbocycles. The van der Waals surface area contributed by atoms with Crippen molar-refractivity contribution in [3.8, 4) is 0 Å². The lowest BCUT2D eigenvalue weighted by molar-refractivity contribution is -0.324. The molecule has 0 spiro atoms. The average molecular weight is 404 g/mol. The van der Waals surface area contributed by atoms with E-state index < -0.39 is 18.0 Å². The predicted molar refractivity (Wildman–Crippen MR) is 97.7 cm³/mol. The second kappa shape index (κ2) is 9.55. The summed E-state index contributed by atoms with van der Waals surface area (Å²) in [5, 5.41) is 0. The van der Waals surface area contributed by atoms with Crippen molar-refractivity contribution in [2.24, 2.45) is 17.8 Å². The largest absolute Gasteiger partial charge is 0.522 e. The Morgan fingerprint density at radius 3 is 2.00 bits per heavy atom. The maximum Gasteiger partial charge on any atom is 0.522 e. The number of hydrogen-bond donors (Lipinski definition) is 0. The van der Waals surface area contributed by atoms with Gasteiger partial charge in [0, 0.05) is 0 Å². The van der Waals surface area contributed by atoms with Crippen LogP contribution < -0.4 is 0 Å². The van der Waals surface area contributed by atoms with E-state index in [0.29, 0.717) is 30.1 Å². The van der Waals surface area contributed by atoms with Crippen LogP contribution in [0.4, 0.5) is 22.0 Å². The summed E-state index contributed by atoms with van der Waals surface area (Å²) in [6, 6.07) is 4.27. The van der Waals surface area contributed by atoms with Gasteiger partial charge in [-0.1, -0.05) is 18.9 Å². The summed E-state index contributed by atoms with van der Waals surface area (Å²) >= 11 is 0. The Kier molecular flexibility index (Phi) is 7.35. The van der Waals surface area contributed by atoms with Crippen molar-refractivity contribution in [2.75, 3.05) is 6.61 Å². The molecule has 0 bridgehead atoms. The lowest BCUT2D eigenvalue weighted by Gasteiger charge is -2.38. The minimum Gasteiger partial charge on any atom is -0.292 e. The summed E-state index contributed by atoms with van der Waals surface area (Å²) in [5.74, 6) is 0.672. The Labute approximate surface area is 163 Å². The van der Waals surface area contributed by atoms with Gasteiger partial charge < -0.3 is 0 Å². The highest BCUT2D eigenvalue weighted by Gasteiger charge is 2.32. The number of hydrogen-bond acceptors (Lipinski definition) is 1. The topological polar surface area (TPSA) is 9.23 Å². The normalized spacial score (nSPS) is 29.0. The van der Waals surface area contributed by atoms with E-state index >= 15 is 0 Å². The van der Waals surface area contributed by atoms with Crippen LogP contribution in [0.15, 0.2) is 18.2 Å². The van der Waals surface area contributed by atoms with Gasteiger partial charge in [0.2, 0.25) is 0 Å². The van der Waals surface area contributed by atoms with Crippen LogP contribution in [0.1, 0.15) is 75.7 Å². The molecular formula is C22H29F5O. The van der Waals surface area contributed by atoms with Crippen LogP contribution in [0.25, 0.3) is 0 Å². The van der Waals surface area contributed by atoms with Crippen molar-refractivity contribution >= 4 is 0 Å². The van der Waals surface area contributed by atoms with Gasteiger partial charge in [0.05, 0.1) is 6.61 Å². The molecule has 158 valence electrons. The lowest BCUT2D eigenvalue weighted by Crippen LogP contribution is -2.25. The van der Waals surface area contributed by atoms with E-state index in [1.165, 1.54) is 12.1 Å². The maximum atomic E-state index is 13.5. The third-order valence-electron chi connectivity index (χ3n) is 6.77. The molecular weight excluding hydrogens is 375 g/mol. The van der Waals surface area contributed by atoms with Crippen LogP contribution in [0.3, 0.4) is 0 Å². The van der Waals surface area contributed by atoms with Gasteiger partial charge in [0.25, 0.3) is 0 Å². The zero-order valence-electron chi connectivity index (χ0n) is 16.1. The Hall–Kier alpha value is -1.17. The second-order valence-corrected chi connectivity index (χ2v) is 8.50. The summed E-state index contributed by atoms with van der Waals surface area (Å²) in [4.78, 5) is 0. The minimum atomic E-state index is -4.52. The molecule has 0 unspecified atom stereocenters. The van der Waals surface area contributed by atoms with E-state index in [1.807, 2.05) is 0 Å². The first-order valence-corrected chi connectivity index (χ1v) is 10.5. The fourth-order valence-electron chi connectivity index (χ4n) is 5.20. The molecule has 2 fully saturated rings. The number of rotatable bonds is 6. The molecule has 0 saturated heterocycles. The molecule has 1 nitrogen and oxygen atoms in total. The van der Waals surface area contributed by atoms with Crippen molar-refractivity contribution in [3.05, 3.63) is 35.4 Å². The molecule has 28 heavy (non-hydrogen) atoms. The first kappa shape index (κ1) is 21.5. The number of ether oxygens (including phenoxy) is 1. The molecule has 0 aliphatic heterocycles. The Morgan fingerprint density at radius 1 is 0.821 bits per heavy atom. The van der Waals surface area contributed by atoms with Gasteiger partial charge in [0.1, 0.15) is 0 Å². The fourth-order valence-corrected chi connectivity index (χ4v) is 5.20. The number of halogens is 5. The molecule has 0 amide bonds. The molecule has 0 N–H and O–H groups in total. The van der Waals surface area contributed by atoms with E-state index in [2.05, 4.69) is 4.74 Å². The third-order valence-corrected chi connectivity index (χ3v) is 6.77. The van der Waals surface area contributed by atoms with E-state index in [1.54, 1.807) is 6.07 Å². The highest BCUT2D eigenvalue weighted by Crippen LogP contribution is 2.44. The molecule has 6 heteroatoms. The standard InChI is InChI=1S/C22H29F5O/c23-20-12-11-19(14-21(20)24)18-9-7-17(8-10-18)16-5-3-15(4-6-16)2-1-13-28-22(25,26)27/h11-12,14-18H,1-10,13H2. The van der Waals surface area contributed by atoms with E-state index in [9.17, 15) is 22.0 Å². The molecule has 0 aromatic heterocycles. The molecule has 0 atom stereocenters. The van der Waals surface area contributed by atoms with Crippen LogP contribution in [0, 0.1) is 29.4 Å². The van der Waals surface area contributed by atoms with Gasteiger partial charge in [-0.15, -0.1) is 13.2 Å². The van der Waals surface area contributed by atoms with Crippen LogP contribution in [-0.2, 0) is 4.74 Å². The van der Waals surface area contributed by atoms with Crippen molar-refractivity contribution < 1.29 is 26.7 Å². The Bertz CT molecular complexity index is 614. The molecule has 3 rings (SSSR count). The summed E-state index contributed by atoms with van der Waals surface area (Å²) in [6.07, 6.45) is 5.55. The zero-order chi connectivity index (χ0) is 20.1. The maximum absolute atomic E-state index is 13.5. The van der Waals surface area contributed by atoms with Crippen molar-refractivity contribution in [1.29, 1.82) is 0 Å². The Balaban J connectivity index is 1.36. The highest BCUT2D eigenvalue weighted by atomic mass is 19.4. The number of alkyl halides is 3. The smallest absolute Gasteiger partial charge is 0.292 e. The van der Waals surface area contributed by atoms with Crippen LogP contribution in [0.5, 0.6) is 0 Å². The van der Waals surface area contributed by atoms with Crippen LogP contribution in [0.2, 0.25) is 0 Å². The van der Waals surface area contributed by atoms with Gasteiger partial charge in [-0.2, -0.15) is 0 Å². The van der Waals surface area contributed by atoms with Gasteiger partial charge in [-0.05, 0) is 92.7 Å². The zero-order valence-corrected chi connectivity index (χ0v) is 16.1. The quantitative estimate of drug-likeness (QED) is 0.355. The Morgan fingerprint density at radius 2 is 1.43 bits per heavy atom. The lowest BCUT2D eigenvalue weighted by atomic mass is 9.68. The van der Waals surface area contributed by atoms with Crippen molar-refractivity contribution in [1.82, 2.24) is 0 Å². The van der Waals surface area contributed by atoms with Gasteiger partial charge in [-0.3, -0.25) is 4.74 Å². The van der Waals surface area contributed by atoms with Crippen molar-refractivity contribution in [2.45, 2.75) is 76.5 Å². The molecule has 1 aromatic rings.